The molecule has 0 aliphatic heterocycles. The highest BCUT2D eigenvalue weighted by Crippen LogP contribution is 2.32. The fraction of sp³-hybridized carbons (Fsp3) is 0.353. The molecule has 21 heavy (non-hydrogen) atoms. The molecule has 3 rings (SSSR count). The molecule has 0 saturated heterocycles. The van der Waals surface area contributed by atoms with E-state index < -0.39 is 0 Å². The van der Waals surface area contributed by atoms with Gasteiger partial charge in [0.05, 0.1) is 12.3 Å². The van der Waals surface area contributed by atoms with Crippen molar-refractivity contribution < 1.29 is 9.47 Å². The molecule has 0 radical (unpaired) electrons. The molecule has 1 saturated carbocycles. The molecule has 1 aromatic carbocycles. The molecule has 2 N–H and O–H groups in total. The lowest BCUT2D eigenvalue weighted by Gasteiger charge is -2.12. The highest BCUT2D eigenvalue weighted by molar-refractivity contribution is 5.50. The molecule has 0 bridgehead atoms. The third kappa shape index (κ3) is 3.45. The van der Waals surface area contributed by atoms with Gasteiger partial charge in [0.25, 0.3) is 0 Å². The van der Waals surface area contributed by atoms with Gasteiger partial charge < -0.3 is 15.2 Å². The SMILES string of the molecule is CCc1ccccc1Oc1ccc(N)c(OCC2CC2)n1. The van der Waals surface area contributed by atoms with Gasteiger partial charge in [0.15, 0.2) is 0 Å². The second kappa shape index (κ2) is 6.04. The van der Waals surface area contributed by atoms with Crippen LogP contribution in [0.5, 0.6) is 17.5 Å². The Morgan fingerprint density at radius 2 is 2.00 bits per heavy atom. The Morgan fingerprint density at radius 1 is 1.19 bits per heavy atom. The first-order valence-corrected chi connectivity index (χ1v) is 7.41. The number of aryl methyl sites for hydroxylation is 1. The van der Waals surface area contributed by atoms with Crippen LogP contribution >= 0.6 is 0 Å². The maximum atomic E-state index is 5.90. The molecule has 2 aromatic rings. The molecule has 0 spiro atoms. The lowest BCUT2D eigenvalue weighted by Crippen LogP contribution is -2.04. The van der Waals surface area contributed by atoms with Gasteiger partial charge in [0, 0.05) is 6.07 Å². The monoisotopic (exact) mass is 284 g/mol. The number of rotatable bonds is 6. The van der Waals surface area contributed by atoms with E-state index in [0.29, 0.717) is 30.0 Å². The van der Waals surface area contributed by atoms with Gasteiger partial charge in [-0.1, -0.05) is 25.1 Å². The van der Waals surface area contributed by atoms with Crippen LogP contribution in [0.1, 0.15) is 25.3 Å². The topological polar surface area (TPSA) is 57.4 Å². The van der Waals surface area contributed by atoms with Crippen LogP contribution in [0.15, 0.2) is 36.4 Å². The van der Waals surface area contributed by atoms with Gasteiger partial charge in [-0.25, -0.2) is 0 Å². The third-order valence-corrected chi connectivity index (χ3v) is 3.58. The van der Waals surface area contributed by atoms with Gasteiger partial charge in [-0.15, -0.1) is 0 Å². The Labute approximate surface area is 124 Å². The van der Waals surface area contributed by atoms with E-state index in [9.17, 15) is 0 Å². The zero-order valence-corrected chi connectivity index (χ0v) is 12.2. The standard InChI is InChI=1S/C17H20N2O2/c1-2-13-5-3-4-6-15(13)21-16-10-9-14(18)17(19-16)20-11-12-7-8-12/h3-6,9-10,12H,2,7-8,11,18H2,1H3. The summed E-state index contributed by atoms with van der Waals surface area (Å²) in [5.74, 6) is 2.46. The summed E-state index contributed by atoms with van der Waals surface area (Å²) in [6.07, 6.45) is 3.39. The zero-order valence-electron chi connectivity index (χ0n) is 12.2. The molecule has 1 aromatic heterocycles. The van der Waals surface area contributed by atoms with Crippen LogP contribution in [0.25, 0.3) is 0 Å². The fourth-order valence-electron chi connectivity index (χ4n) is 2.10. The zero-order chi connectivity index (χ0) is 14.7. The largest absolute Gasteiger partial charge is 0.476 e. The number of para-hydroxylation sites is 1. The summed E-state index contributed by atoms with van der Waals surface area (Å²) in [6, 6.07) is 11.5. The normalized spacial score (nSPS) is 14.0. The van der Waals surface area contributed by atoms with Gasteiger partial charge >= 0.3 is 0 Å². The van der Waals surface area contributed by atoms with E-state index in [4.69, 9.17) is 15.2 Å². The molecular weight excluding hydrogens is 264 g/mol. The predicted molar refractivity (Wildman–Crippen MR) is 82.8 cm³/mol. The Balaban J connectivity index is 1.76. The Kier molecular flexibility index (Phi) is 3.95. The number of hydrogen-bond acceptors (Lipinski definition) is 4. The predicted octanol–water partition coefficient (Wildman–Crippen LogP) is 3.81. The van der Waals surface area contributed by atoms with Crippen molar-refractivity contribution in [3.8, 4) is 17.5 Å². The molecule has 0 unspecified atom stereocenters. The number of ether oxygens (including phenoxy) is 2. The summed E-state index contributed by atoms with van der Waals surface area (Å²) >= 11 is 0. The van der Waals surface area contributed by atoms with Crippen LogP contribution in [0.2, 0.25) is 0 Å². The lowest BCUT2D eigenvalue weighted by atomic mass is 10.1. The molecule has 1 heterocycles. The van der Waals surface area contributed by atoms with Crippen molar-refractivity contribution in [3.63, 3.8) is 0 Å². The average molecular weight is 284 g/mol. The van der Waals surface area contributed by atoms with Crippen LogP contribution in [-0.4, -0.2) is 11.6 Å². The van der Waals surface area contributed by atoms with Gasteiger partial charge in [0.2, 0.25) is 11.8 Å². The smallest absolute Gasteiger partial charge is 0.240 e. The van der Waals surface area contributed by atoms with E-state index in [1.807, 2.05) is 18.2 Å². The number of nitrogens with two attached hydrogens (primary N) is 1. The molecular formula is C17H20N2O2. The van der Waals surface area contributed by atoms with E-state index >= 15 is 0 Å². The first-order chi connectivity index (χ1) is 10.3. The van der Waals surface area contributed by atoms with Crippen molar-refractivity contribution in [3.05, 3.63) is 42.0 Å². The van der Waals surface area contributed by atoms with Crippen LogP contribution in [0.4, 0.5) is 5.69 Å². The highest BCUT2D eigenvalue weighted by Gasteiger charge is 2.22. The Morgan fingerprint density at radius 3 is 2.76 bits per heavy atom. The molecule has 1 aliphatic carbocycles. The van der Waals surface area contributed by atoms with E-state index in [0.717, 1.165) is 17.7 Å². The lowest BCUT2D eigenvalue weighted by molar-refractivity contribution is 0.286. The summed E-state index contributed by atoms with van der Waals surface area (Å²) in [6.45, 7) is 2.79. The number of pyridine rings is 1. The quantitative estimate of drug-likeness (QED) is 0.876. The number of anilines is 1. The maximum Gasteiger partial charge on any atom is 0.240 e. The molecule has 4 heteroatoms. The summed E-state index contributed by atoms with van der Waals surface area (Å²) in [4.78, 5) is 4.37. The van der Waals surface area contributed by atoms with Crippen molar-refractivity contribution in [2.45, 2.75) is 26.2 Å². The van der Waals surface area contributed by atoms with Crippen LogP contribution in [0.3, 0.4) is 0 Å². The maximum absolute atomic E-state index is 5.90. The van der Waals surface area contributed by atoms with Crippen molar-refractivity contribution in [2.24, 2.45) is 5.92 Å². The van der Waals surface area contributed by atoms with Crippen LogP contribution < -0.4 is 15.2 Å². The second-order valence-corrected chi connectivity index (χ2v) is 5.36. The third-order valence-electron chi connectivity index (χ3n) is 3.58. The molecule has 1 aliphatic rings. The van der Waals surface area contributed by atoms with E-state index in [1.165, 1.54) is 12.8 Å². The molecule has 0 amide bonds. The van der Waals surface area contributed by atoms with Crippen LogP contribution in [0, 0.1) is 5.92 Å². The van der Waals surface area contributed by atoms with Gasteiger partial charge in [0.1, 0.15) is 5.75 Å². The minimum Gasteiger partial charge on any atom is -0.476 e. The summed E-state index contributed by atoms with van der Waals surface area (Å²) in [7, 11) is 0. The average Bonchev–Trinajstić information content (AvgIpc) is 3.32. The number of hydrogen-bond donors (Lipinski definition) is 1. The van der Waals surface area contributed by atoms with Crippen LogP contribution in [-0.2, 0) is 6.42 Å². The number of nitrogen functional groups attached to an aromatic ring is 1. The van der Waals surface area contributed by atoms with E-state index in [2.05, 4.69) is 18.0 Å². The van der Waals surface area contributed by atoms with E-state index in [-0.39, 0.29) is 0 Å². The summed E-state index contributed by atoms with van der Waals surface area (Å²) in [5.41, 5.74) is 7.60. The van der Waals surface area contributed by atoms with Gasteiger partial charge in [-0.2, -0.15) is 4.98 Å². The molecule has 0 atom stereocenters. The fourth-order valence-corrected chi connectivity index (χ4v) is 2.10. The first kappa shape index (κ1) is 13.7. The van der Waals surface area contributed by atoms with Gasteiger partial charge in [-0.3, -0.25) is 0 Å². The minimum absolute atomic E-state index is 0.466. The number of aromatic nitrogens is 1. The Hall–Kier alpha value is -2.23. The Bertz CT molecular complexity index is 624. The highest BCUT2D eigenvalue weighted by atomic mass is 16.5. The summed E-state index contributed by atoms with van der Waals surface area (Å²) in [5, 5.41) is 0. The van der Waals surface area contributed by atoms with Crippen molar-refractivity contribution in [2.75, 3.05) is 12.3 Å². The van der Waals surface area contributed by atoms with Crippen molar-refractivity contribution in [1.29, 1.82) is 0 Å². The van der Waals surface area contributed by atoms with Crippen molar-refractivity contribution >= 4 is 5.69 Å². The number of benzene rings is 1. The second-order valence-electron chi connectivity index (χ2n) is 5.36. The number of nitrogens with zero attached hydrogens (tertiary/aromatic N) is 1. The minimum atomic E-state index is 0.466. The molecule has 110 valence electrons. The first-order valence-electron chi connectivity index (χ1n) is 7.41. The van der Waals surface area contributed by atoms with E-state index in [1.54, 1.807) is 12.1 Å². The molecule has 1 fully saturated rings. The van der Waals surface area contributed by atoms with Crippen molar-refractivity contribution in [1.82, 2.24) is 4.98 Å². The molecule has 4 nitrogen and oxygen atoms in total. The summed E-state index contributed by atoms with van der Waals surface area (Å²) < 4.78 is 11.6. The van der Waals surface area contributed by atoms with Gasteiger partial charge in [-0.05, 0) is 42.9 Å².